The normalized spacial score (nSPS) is 24.7. The maximum atomic E-state index is 12.8. The number of rotatable bonds is 3. The van der Waals surface area contributed by atoms with Crippen LogP contribution in [-0.4, -0.2) is 94.7 Å². The third kappa shape index (κ3) is 7.31. The predicted octanol–water partition coefficient (Wildman–Crippen LogP) is 2.80. The highest BCUT2D eigenvalue weighted by Gasteiger charge is 2.44. The third-order valence-electron chi connectivity index (χ3n) is 6.96. The van der Waals surface area contributed by atoms with Crippen LogP contribution < -0.4 is 0 Å². The van der Waals surface area contributed by atoms with E-state index in [4.69, 9.17) is 14.6 Å². The molecule has 1 amide bonds. The largest absolute Gasteiger partial charge is 0.507 e. The Hall–Kier alpha value is -2.37. The van der Waals surface area contributed by atoms with Crippen molar-refractivity contribution in [1.82, 2.24) is 9.80 Å². The molecule has 3 saturated heterocycles. The molecule has 1 spiro atoms. The number of phenols is 1. The quantitative estimate of drug-likeness (QED) is 0.583. The minimum Gasteiger partial charge on any atom is -0.507 e. The first-order chi connectivity index (χ1) is 16.4. The summed E-state index contributed by atoms with van der Waals surface area (Å²) in [5.41, 5.74) is 1.55. The number of carbonyl (C=O) groups excluding carboxylic acids is 1. The fraction of sp³-hybridized carbons (Fsp3) is 0.667. The number of likely N-dealkylation sites (tertiary alicyclic amines) is 2. The van der Waals surface area contributed by atoms with Gasteiger partial charge < -0.3 is 25.0 Å². The van der Waals surface area contributed by atoms with Gasteiger partial charge in [0.25, 0.3) is 5.91 Å². The second-order valence-electron chi connectivity index (χ2n) is 9.81. The van der Waals surface area contributed by atoms with Gasteiger partial charge in [-0.25, -0.2) is 4.79 Å². The van der Waals surface area contributed by atoms with Crippen LogP contribution >= 0.6 is 0 Å². The van der Waals surface area contributed by atoms with Crippen LogP contribution in [0.5, 0.6) is 5.75 Å². The van der Waals surface area contributed by atoms with Crippen LogP contribution in [0.25, 0.3) is 0 Å². The van der Waals surface area contributed by atoms with E-state index in [0.29, 0.717) is 18.7 Å². The summed E-state index contributed by atoms with van der Waals surface area (Å²) < 4.78 is 37.9. The summed E-state index contributed by atoms with van der Waals surface area (Å²) in [6.45, 7) is 6.83. The van der Waals surface area contributed by atoms with Crippen molar-refractivity contribution in [3.05, 3.63) is 29.3 Å². The van der Waals surface area contributed by atoms with Gasteiger partial charge in [-0.05, 0) is 63.1 Å². The molecule has 4 rings (SSSR count). The van der Waals surface area contributed by atoms with E-state index in [1.54, 1.807) is 12.1 Å². The zero-order chi connectivity index (χ0) is 25.8. The number of alkyl halides is 3. The Bertz CT molecular complexity index is 902. The molecule has 2 atom stereocenters. The number of aromatic hydroxyl groups is 1. The molecular formula is C24H33F3N2O6. The number of β-amino-alcohol motifs (C(OH)–C–C–N with tert-alkyl or cyclic N) is 1. The lowest BCUT2D eigenvalue weighted by Crippen LogP contribution is -2.44. The SMILES string of the molecule is Cc1ccc(O)c(C(=O)N2CCC3(CC2)COC(CN2CCCC(O)C2)C3)c1.O=C(O)C(F)(F)F. The second-order valence-corrected chi connectivity index (χ2v) is 9.81. The number of phenolic OH excluding ortho intramolecular Hbond substituents is 1. The molecule has 8 nitrogen and oxygen atoms in total. The molecule has 0 aliphatic carbocycles. The van der Waals surface area contributed by atoms with Crippen LogP contribution in [-0.2, 0) is 9.53 Å². The molecule has 35 heavy (non-hydrogen) atoms. The summed E-state index contributed by atoms with van der Waals surface area (Å²) in [5.74, 6) is -2.77. The van der Waals surface area contributed by atoms with Crippen LogP contribution in [0.1, 0.15) is 48.0 Å². The van der Waals surface area contributed by atoms with Crippen molar-refractivity contribution in [2.24, 2.45) is 5.41 Å². The topological polar surface area (TPSA) is 111 Å². The van der Waals surface area contributed by atoms with Crippen LogP contribution in [0.4, 0.5) is 13.2 Å². The average molecular weight is 503 g/mol. The van der Waals surface area contributed by atoms with E-state index in [1.807, 2.05) is 17.9 Å². The minimum atomic E-state index is -5.08. The number of piperidine rings is 2. The molecule has 11 heteroatoms. The fourth-order valence-corrected chi connectivity index (χ4v) is 5.02. The molecule has 0 bridgehead atoms. The molecule has 1 aromatic rings. The van der Waals surface area contributed by atoms with E-state index in [2.05, 4.69) is 4.90 Å². The van der Waals surface area contributed by atoms with E-state index in [1.165, 1.54) is 0 Å². The van der Waals surface area contributed by atoms with Gasteiger partial charge in [0.15, 0.2) is 0 Å². The van der Waals surface area contributed by atoms with Crippen LogP contribution in [0.2, 0.25) is 0 Å². The Kier molecular flexibility index (Phi) is 8.66. The summed E-state index contributed by atoms with van der Waals surface area (Å²) >= 11 is 0. The van der Waals surface area contributed by atoms with Gasteiger partial charge in [-0.1, -0.05) is 11.6 Å². The van der Waals surface area contributed by atoms with Crippen LogP contribution in [0.15, 0.2) is 18.2 Å². The lowest BCUT2D eigenvalue weighted by atomic mass is 9.76. The summed E-state index contributed by atoms with van der Waals surface area (Å²) in [5, 5.41) is 27.1. The van der Waals surface area contributed by atoms with Crippen molar-refractivity contribution >= 4 is 11.9 Å². The van der Waals surface area contributed by atoms with E-state index in [0.717, 1.165) is 63.9 Å². The van der Waals surface area contributed by atoms with Crippen molar-refractivity contribution < 1.29 is 42.8 Å². The molecule has 196 valence electrons. The standard InChI is InChI=1S/C22H32N2O4.C2HF3O2/c1-16-4-5-20(26)19(11-16)21(27)24-9-6-22(7-10-24)12-18(28-15-22)14-23-8-2-3-17(25)13-23;3-2(4,5)1(6)7/h4-5,11,17-18,25-26H,2-3,6-10,12-15H2,1H3;(H,6,7). The molecule has 3 N–H and O–H groups in total. The number of aryl methyl sites for hydroxylation is 1. The van der Waals surface area contributed by atoms with Crippen molar-refractivity contribution in [1.29, 1.82) is 0 Å². The van der Waals surface area contributed by atoms with Crippen molar-refractivity contribution in [3.8, 4) is 5.75 Å². The highest BCUT2D eigenvalue weighted by molar-refractivity contribution is 5.97. The van der Waals surface area contributed by atoms with Crippen molar-refractivity contribution in [2.75, 3.05) is 39.3 Å². The lowest BCUT2D eigenvalue weighted by Gasteiger charge is -2.38. The van der Waals surface area contributed by atoms with E-state index < -0.39 is 12.1 Å². The molecule has 0 aromatic heterocycles. The van der Waals surface area contributed by atoms with Crippen molar-refractivity contribution in [2.45, 2.75) is 57.4 Å². The lowest BCUT2D eigenvalue weighted by molar-refractivity contribution is -0.192. The Morgan fingerprint density at radius 3 is 2.46 bits per heavy atom. The van der Waals surface area contributed by atoms with Gasteiger partial charge in [0.1, 0.15) is 5.75 Å². The van der Waals surface area contributed by atoms with E-state index >= 15 is 0 Å². The highest BCUT2D eigenvalue weighted by Crippen LogP contribution is 2.42. The van der Waals surface area contributed by atoms with Crippen LogP contribution in [0.3, 0.4) is 0 Å². The van der Waals surface area contributed by atoms with Gasteiger partial charge in [0.05, 0.1) is 24.4 Å². The monoisotopic (exact) mass is 502 g/mol. The fourth-order valence-electron chi connectivity index (χ4n) is 5.02. The summed E-state index contributed by atoms with van der Waals surface area (Å²) in [6.07, 6.45) is -0.148. The maximum Gasteiger partial charge on any atom is 0.490 e. The third-order valence-corrected chi connectivity index (χ3v) is 6.96. The number of carboxylic acid groups (broad SMARTS) is 1. The number of aliphatic hydroxyl groups is 1. The van der Waals surface area contributed by atoms with Gasteiger partial charge in [0, 0.05) is 26.2 Å². The maximum absolute atomic E-state index is 12.8. The summed E-state index contributed by atoms with van der Waals surface area (Å²) in [7, 11) is 0. The molecule has 3 aliphatic heterocycles. The number of aliphatic hydroxyl groups excluding tert-OH is 1. The molecule has 3 aliphatic rings. The second kappa shape index (κ2) is 11.1. The Morgan fingerprint density at radius 1 is 1.20 bits per heavy atom. The molecule has 2 unspecified atom stereocenters. The first-order valence-corrected chi connectivity index (χ1v) is 11.8. The zero-order valence-electron chi connectivity index (χ0n) is 19.8. The number of ether oxygens (including phenoxy) is 1. The summed E-state index contributed by atoms with van der Waals surface area (Å²) in [4.78, 5) is 25.9. The van der Waals surface area contributed by atoms with Crippen molar-refractivity contribution in [3.63, 3.8) is 0 Å². The predicted molar refractivity (Wildman–Crippen MR) is 120 cm³/mol. The van der Waals surface area contributed by atoms with Gasteiger partial charge in [-0.3, -0.25) is 9.69 Å². The van der Waals surface area contributed by atoms with Gasteiger partial charge >= 0.3 is 12.1 Å². The number of carbonyl (C=O) groups is 2. The Balaban J connectivity index is 0.000000429. The number of carboxylic acids is 1. The summed E-state index contributed by atoms with van der Waals surface area (Å²) in [6, 6.07) is 5.18. The molecular weight excluding hydrogens is 469 g/mol. The zero-order valence-corrected chi connectivity index (χ0v) is 19.8. The number of nitrogens with zero attached hydrogens (tertiary/aromatic N) is 2. The minimum absolute atomic E-state index is 0.0591. The average Bonchev–Trinajstić information content (AvgIpc) is 3.17. The first-order valence-electron chi connectivity index (χ1n) is 11.8. The first kappa shape index (κ1) is 27.2. The van der Waals surface area contributed by atoms with Crippen LogP contribution in [0, 0.1) is 12.3 Å². The number of amides is 1. The Labute approximate surface area is 202 Å². The van der Waals surface area contributed by atoms with E-state index in [-0.39, 0.29) is 29.3 Å². The number of aliphatic carboxylic acids is 1. The van der Waals surface area contributed by atoms with Gasteiger partial charge in [0.2, 0.25) is 0 Å². The molecule has 0 saturated carbocycles. The molecule has 1 aromatic carbocycles. The highest BCUT2D eigenvalue weighted by atomic mass is 19.4. The number of hydrogen-bond donors (Lipinski definition) is 3. The van der Waals surface area contributed by atoms with E-state index in [9.17, 15) is 28.2 Å². The molecule has 3 heterocycles. The Morgan fingerprint density at radius 2 is 1.86 bits per heavy atom. The number of benzene rings is 1. The smallest absolute Gasteiger partial charge is 0.490 e. The number of hydrogen-bond acceptors (Lipinski definition) is 6. The number of halogens is 3. The molecule has 3 fully saturated rings. The van der Waals surface area contributed by atoms with Gasteiger partial charge in [-0.2, -0.15) is 13.2 Å². The molecule has 0 radical (unpaired) electrons. The van der Waals surface area contributed by atoms with Gasteiger partial charge in [-0.15, -0.1) is 0 Å².